The van der Waals surface area contributed by atoms with Crippen LogP contribution in [0, 0.1) is 5.82 Å². The van der Waals surface area contributed by atoms with Gasteiger partial charge in [0.2, 0.25) is 5.91 Å². The molecule has 3 rings (SSSR count). The number of halogens is 1. The summed E-state index contributed by atoms with van der Waals surface area (Å²) < 4.78 is 13.7. The highest BCUT2D eigenvalue weighted by atomic mass is 19.1. The Morgan fingerprint density at radius 3 is 1.90 bits per heavy atom. The third-order valence-corrected chi connectivity index (χ3v) is 4.73. The summed E-state index contributed by atoms with van der Waals surface area (Å²) in [5.74, 6) is -1.61. The lowest BCUT2D eigenvalue weighted by Gasteiger charge is -2.26. The molecule has 0 aromatic heterocycles. The lowest BCUT2D eigenvalue weighted by atomic mass is 9.86. The highest BCUT2D eigenvalue weighted by Crippen LogP contribution is 2.27. The molecule has 2 amide bonds. The maximum atomic E-state index is 13.7. The molecule has 0 saturated heterocycles. The van der Waals surface area contributed by atoms with Gasteiger partial charge >= 0.3 is 0 Å². The van der Waals surface area contributed by atoms with Crippen LogP contribution in [0.5, 0.6) is 0 Å². The SMILES string of the molecule is C[C@H](NC(=O)CNC(=O)c1ccccc1F)C(c1ccccc1)c1ccccc1. The minimum atomic E-state index is -0.619. The largest absolute Gasteiger partial charge is 0.351 e. The molecule has 0 aliphatic rings. The molecule has 4 nitrogen and oxygen atoms in total. The normalized spacial score (nSPS) is 11.7. The van der Waals surface area contributed by atoms with E-state index in [4.69, 9.17) is 0 Å². The Balaban J connectivity index is 1.66. The van der Waals surface area contributed by atoms with E-state index in [0.29, 0.717) is 0 Å². The first-order valence-electron chi connectivity index (χ1n) is 9.48. The van der Waals surface area contributed by atoms with Crippen LogP contribution in [0.4, 0.5) is 4.39 Å². The van der Waals surface area contributed by atoms with Gasteiger partial charge in [0.05, 0.1) is 12.1 Å². The molecular formula is C24H23FN2O2. The molecule has 5 heteroatoms. The predicted octanol–water partition coefficient (Wildman–Crippen LogP) is 3.89. The van der Waals surface area contributed by atoms with Crippen LogP contribution in [-0.4, -0.2) is 24.4 Å². The second-order valence-electron chi connectivity index (χ2n) is 6.82. The zero-order valence-electron chi connectivity index (χ0n) is 16.1. The van der Waals surface area contributed by atoms with Gasteiger partial charge in [-0.05, 0) is 30.2 Å². The van der Waals surface area contributed by atoms with Crippen molar-refractivity contribution in [2.75, 3.05) is 6.54 Å². The van der Waals surface area contributed by atoms with Crippen LogP contribution in [-0.2, 0) is 4.79 Å². The van der Waals surface area contributed by atoms with Crippen molar-refractivity contribution < 1.29 is 14.0 Å². The number of nitrogens with one attached hydrogen (secondary N) is 2. The lowest BCUT2D eigenvalue weighted by molar-refractivity contribution is -0.120. The number of benzene rings is 3. The molecule has 0 heterocycles. The lowest BCUT2D eigenvalue weighted by Crippen LogP contribution is -2.43. The minimum Gasteiger partial charge on any atom is -0.351 e. The molecule has 0 aliphatic heterocycles. The monoisotopic (exact) mass is 390 g/mol. The van der Waals surface area contributed by atoms with E-state index < -0.39 is 11.7 Å². The first-order valence-corrected chi connectivity index (χ1v) is 9.48. The maximum Gasteiger partial charge on any atom is 0.254 e. The van der Waals surface area contributed by atoms with E-state index in [-0.39, 0.29) is 30.0 Å². The van der Waals surface area contributed by atoms with E-state index in [1.807, 2.05) is 67.6 Å². The van der Waals surface area contributed by atoms with Crippen molar-refractivity contribution in [3.8, 4) is 0 Å². The molecule has 1 atom stereocenters. The molecule has 3 aromatic rings. The fraction of sp³-hybridized carbons (Fsp3) is 0.167. The molecule has 0 radical (unpaired) electrons. The molecule has 2 N–H and O–H groups in total. The highest BCUT2D eigenvalue weighted by Gasteiger charge is 2.23. The summed E-state index contributed by atoms with van der Waals surface area (Å²) >= 11 is 0. The predicted molar refractivity (Wildman–Crippen MR) is 111 cm³/mol. The van der Waals surface area contributed by atoms with E-state index in [1.54, 1.807) is 6.07 Å². The first kappa shape index (κ1) is 20.3. The number of amides is 2. The smallest absolute Gasteiger partial charge is 0.254 e. The van der Waals surface area contributed by atoms with E-state index >= 15 is 0 Å². The Hall–Kier alpha value is -3.47. The van der Waals surface area contributed by atoms with E-state index in [1.165, 1.54) is 18.2 Å². The average molecular weight is 390 g/mol. The molecule has 0 fully saturated rings. The Morgan fingerprint density at radius 2 is 1.34 bits per heavy atom. The summed E-state index contributed by atoms with van der Waals surface area (Å²) in [4.78, 5) is 24.5. The van der Waals surface area contributed by atoms with Gasteiger partial charge in [0.25, 0.3) is 5.91 Å². The number of rotatable bonds is 7. The summed E-state index contributed by atoms with van der Waals surface area (Å²) in [6.07, 6.45) is 0. The van der Waals surface area contributed by atoms with Gasteiger partial charge in [-0.15, -0.1) is 0 Å². The van der Waals surface area contributed by atoms with E-state index in [2.05, 4.69) is 10.6 Å². The Morgan fingerprint density at radius 1 is 0.828 bits per heavy atom. The van der Waals surface area contributed by atoms with Gasteiger partial charge in [0.15, 0.2) is 0 Å². The minimum absolute atomic E-state index is 0.0383. The van der Waals surface area contributed by atoms with Gasteiger partial charge in [-0.2, -0.15) is 0 Å². The fourth-order valence-corrected chi connectivity index (χ4v) is 3.38. The molecule has 3 aromatic carbocycles. The van der Waals surface area contributed by atoms with E-state index in [9.17, 15) is 14.0 Å². The first-order chi connectivity index (χ1) is 14.1. The third kappa shape index (κ3) is 5.29. The number of carbonyl (C=O) groups is 2. The molecule has 0 aliphatic carbocycles. The summed E-state index contributed by atoms with van der Waals surface area (Å²) in [6.45, 7) is 1.70. The zero-order valence-corrected chi connectivity index (χ0v) is 16.1. The van der Waals surface area contributed by atoms with Crippen LogP contribution in [0.1, 0.15) is 34.3 Å². The molecule has 0 bridgehead atoms. The number of hydrogen-bond donors (Lipinski definition) is 2. The van der Waals surface area contributed by atoms with E-state index in [0.717, 1.165) is 11.1 Å². The van der Waals surface area contributed by atoms with Gasteiger partial charge in [0, 0.05) is 12.0 Å². The zero-order chi connectivity index (χ0) is 20.6. The van der Waals surface area contributed by atoms with Crippen LogP contribution < -0.4 is 10.6 Å². The number of carbonyl (C=O) groups excluding carboxylic acids is 2. The van der Waals surface area contributed by atoms with Gasteiger partial charge < -0.3 is 10.6 Å². The summed E-state index contributed by atoms with van der Waals surface area (Å²) in [7, 11) is 0. The molecular weight excluding hydrogens is 367 g/mol. The van der Waals surface area contributed by atoms with Gasteiger partial charge in [-0.25, -0.2) is 4.39 Å². The average Bonchev–Trinajstić information content (AvgIpc) is 2.74. The second-order valence-corrected chi connectivity index (χ2v) is 6.82. The molecule has 0 unspecified atom stereocenters. The van der Waals surface area contributed by atoms with Crippen LogP contribution in [0.15, 0.2) is 84.9 Å². The summed E-state index contributed by atoms with van der Waals surface area (Å²) in [6, 6.07) is 25.3. The second kappa shape index (κ2) is 9.64. The van der Waals surface area contributed by atoms with Crippen molar-refractivity contribution in [1.29, 1.82) is 0 Å². The van der Waals surface area contributed by atoms with Gasteiger partial charge in [-0.3, -0.25) is 9.59 Å². The van der Waals surface area contributed by atoms with Crippen molar-refractivity contribution in [1.82, 2.24) is 10.6 Å². The van der Waals surface area contributed by atoms with Gasteiger partial charge in [-0.1, -0.05) is 72.8 Å². The van der Waals surface area contributed by atoms with Crippen molar-refractivity contribution >= 4 is 11.8 Å². The molecule has 148 valence electrons. The van der Waals surface area contributed by atoms with Crippen molar-refractivity contribution in [3.05, 3.63) is 107 Å². The standard InChI is InChI=1S/C24H23FN2O2/c1-17(23(18-10-4-2-5-11-18)19-12-6-3-7-13-19)27-22(28)16-26-24(29)20-14-8-9-15-21(20)25/h2-15,17,23H,16H2,1H3,(H,26,29)(H,27,28)/t17-/m0/s1. The fourth-order valence-electron chi connectivity index (χ4n) is 3.38. The Labute approximate surface area is 169 Å². The Bertz CT molecular complexity index is 921. The third-order valence-electron chi connectivity index (χ3n) is 4.73. The van der Waals surface area contributed by atoms with Crippen molar-refractivity contribution in [3.63, 3.8) is 0 Å². The maximum absolute atomic E-state index is 13.7. The van der Waals surface area contributed by atoms with Crippen LogP contribution >= 0.6 is 0 Å². The quantitative estimate of drug-likeness (QED) is 0.643. The molecule has 0 saturated carbocycles. The van der Waals surface area contributed by atoms with Crippen molar-refractivity contribution in [2.24, 2.45) is 0 Å². The van der Waals surface area contributed by atoms with Crippen molar-refractivity contribution in [2.45, 2.75) is 18.9 Å². The van der Waals surface area contributed by atoms with Gasteiger partial charge in [0.1, 0.15) is 5.82 Å². The molecule has 29 heavy (non-hydrogen) atoms. The van der Waals surface area contributed by atoms with Crippen LogP contribution in [0.3, 0.4) is 0 Å². The topological polar surface area (TPSA) is 58.2 Å². The highest BCUT2D eigenvalue weighted by molar-refractivity contribution is 5.96. The molecule has 0 spiro atoms. The number of hydrogen-bond acceptors (Lipinski definition) is 2. The van der Waals surface area contributed by atoms with Crippen LogP contribution in [0.2, 0.25) is 0 Å². The summed E-state index contributed by atoms with van der Waals surface area (Å²) in [5, 5.41) is 5.42. The summed E-state index contributed by atoms with van der Waals surface area (Å²) in [5.41, 5.74) is 2.09. The Kier molecular flexibility index (Phi) is 6.74. The van der Waals surface area contributed by atoms with Crippen LogP contribution in [0.25, 0.3) is 0 Å².